The van der Waals surface area contributed by atoms with Crippen molar-refractivity contribution in [2.45, 2.75) is 6.92 Å². The highest BCUT2D eigenvalue weighted by atomic mass is 35.5. The van der Waals surface area contributed by atoms with Crippen molar-refractivity contribution in [1.82, 2.24) is 5.43 Å². The van der Waals surface area contributed by atoms with Gasteiger partial charge in [0.05, 0.1) is 12.8 Å². The Kier molecular flexibility index (Phi) is 5.38. The number of benzene rings is 2. The Bertz CT molecular complexity index is 684. The van der Waals surface area contributed by atoms with Gasteiger partial charge in [0.15, 0.2) is 0 Å². The zero-order valence-corrected chi connectivity index (χ0v) is 12.8. The molecule has 0 aliphatic carbocycles. The Morgan fingerprint density at radius 2 is 2.00 bits per heavy atom. The molecule has 5 nitrogen and oxygen atoms in total. The summed E-state index contributed by atoms with van der Waals surface area (Å²) in [6.07, 6.45) is 1.50. The van der Waals surface area contributed by atoms with Crippen molar-refractivity contribution >= 4 is 29.4 Å². The normalized spacial score (nSPS) is 10.6. The number of halogens is 1. The van der Waals surface area contributed by atoms with Gasteiger partial charge in [-0.2, -0.15) is 5.10 Å². The third-order valence-electron chi connectivity index (χ3n) is 3.00. The molecule has 0 aliphatic rings. The number of phenols is 1. The van der Waals surface area contributed by atoms with E-state index in [0.717, 1.165) is 16.8 Å². The molecule has 0 radical (unpaired) electrons. The van der Waals surface area contributed by atoms with Crippen LogP contribution < -0.4 is 10.7 Å². The van der Waals surface area contributed by atoms with Gasteiger partial charge in [-0.05, 0) is 54.4 Å². The molecule has 0 atom stereocenters. The number of rotatable bonds is 5. The molecule has 0 spiro atoms. The fourth-order valence-electron chi connectivity index (χ4n) is 1.75. The third kappa shape index (κ3) is 4.49. The first-order valence-corrected chi connectivity index (χ1v) is 7.04. The average Bonchev–Trinajstić information content (AvgIpc) is 2.51. The van der Waals surface area contributed by atoms with Crippen LogP contribution in [0.4, 0.5) is 5.69 Å². The maximum absolute atomic E-state index is 11.7. The number of phenolic OH excluding ortho intramolecular Hbond substituents is 1. The summed E-state index contributed by atoms with van der Waals surface area (Å²) < 4.78 is 0. The van der Waals surface area contributed by atoms with Crippen LogP contribution in [0, 0.1) is 6.92 Å². The molecule has 22 heavy (non-hydrogen) atoms. The second-order valence-electron chi connectivity index (χ2n) is 4.65. The summed E-state index contributed by atoms with van der Waals surface area (Å²) in [5.41, 5.74) is 4.90. The van der Waals surface area contributed by atoms with Gasteiger partial charge >= 0.3 is 0 Å². The highest BCUT2D eigenvalue weighted by molar-refractivity contribution is 6.31. The highest BCUT2D eigenvalue weighted by Crippen LogP contribution is 2.22. The van der Waals surface area contributed by atoms with Gasteiger partial charge in [-0.25, -0.2) is 5.43 Å². The summed E-state index contributed by atoms with van der Waals surface area (Å²) >= 11 is 6.01. The lowest BCUT2D eigenvalue weighted by Gasteiger charge is -2.09. The summed E-state index contributed by atoms with van der Waals surface area (Å²) in [5.74, 6) is -0.0864. The van der Waals surface area contributed by atoms with E-state index in [4.69, 9.17) is 16.7 Å². The maximum Gasteiger partial charge on any atom is 0.259 e. The molecule has 0 heterocycles. The van der Waals surface area contributed by atoms with Gasteiger partial charge in [-0.15, -0.1) is 0 Å². The second-order valence-corrected chi connectivity index (χ2v) is 5.06. The summed E-state index contributed by atoms with van der Waals surface area (Å²) in [4.78, 5) is 11.7. The Labute approximate surface area is 133 Å². The van der Waals surface area contributed by atoms with Crippen LogP contribution in [0.5, 0.6) is 5.75 Å². The van der Waals surface area contributed by atoms with Crippen molar-refractivity contribution in [2.24, 2.45) is 5.10 Å². The van der Waals surface area contributed by atoms with E-state index in [-0.39, 0.29) is 18.2 Å². The van der Waals surface area contributed by atoms with Gasteiger partial charge in [0.25, 0.3) is 5.91 Å². The predicted molar refractivity (Wildman–Crippen MR) is 88.5 cm³/mol. The zero-order valence-electron chi connectivity index (χ0n) is 12.0. The number of carbonyl (C=O) groups is 1. The van der Waals surface area contributed by atoms with Gasteiger partial charge in [0, 0.05) is 10.7 Å². The number of aromatic hydroxyl groups is 1. The number of anilines is 1. The molecular weight excluding hydrogens is 302 g/mol. The molecule has 2 rings (SSSR count). The molecule has 0 saturated carbocycles. The fourth-order valence-corrected chi connectivity index (χ4v) is 1.93. The van der Waals surface area contributed by atoms with Gasteiger partial charge < -0.3 is 10.4 Å². The van der Waals surface area contributed by atoms with Crippen molar-refractivity contribution < 1.29 is 9.90 Å². The van der Waals surface area contributed by atoms with Crippen LogP contribution in [0.15, 0.2) is 47.6 Å². The molecular formula is C16H16ClN3O2. The molecule has 0 aromatic heterocycles. The van der Waals surface area contributed by atoms with Crippen molar-refractivity contribution in [1.29, 1.82) is 0 Å². The number of amides is 1. The molecule has 2 aromatic rings. The monoisotopic (exact) mass is 317 g/mol. The predicted octanol–water partition coefficient (Wildman–Crippen LogP) is 2.92. The van der Waals surface area contributed by atoms with E-state index in [1.165, 1.54) is 6.21 Å². The Morgan fingerprint density at radius 3 is 2.73 bits per heavy atom. The van der Waals surface area contributed by atoms with E-state index in [1.807, 2.05) is 19.1 Å². The molecule has 0 bridgehead atoms. The Balaban J connectivity index is 1.83. The Morgan fingerprint density at radius 1 is 1.27 bits per heavy atom. The molecule has 0 aliphatic heterocycles. The number of nitrogens with zero attached hydrogens (tertiary/aromatic N) is 1. The van der Waals surface area contributed by atoms with Gasteiger partial charge in [-0.3, -0.25) is 4.79 Å². The molecule has 114 valence electrons. The largest absolute Gasteiger partial charge is 0.508 e. The topological polar surface area (TPSA) is 73.7 Å². The average molecular weight is 318 g/mol. The lowest BCUT2D eigenvalue weighted by atomic mass is 10.2. The van der Waals surface area contributed by atoms with Gasteiger partial charge in [0.1, 0.15) is 5.75 Å². The highest BCUT2D eigenvalue weighted by Gasteiger charge is 2.04. The SMILES string of the molecule is Cc1c(Cl)cccc1NCC(=O)NN=Cc1ccc(O)cc1. The molecule has 6 heteroatoms. The first-order chi connectivity index (χ1) is 10.6. The van der Waals surface area contributed by atoms with E-state index in [2.05, 4.69) is 15.8 Å². The van der Waals surface area contributed by atoms with Crippen molar-refractivity contribution in [3.05, 3.63) is 58.6 Å². The molecule has 1 amide bonds. The number of hydrazone groups is 1. The molecule has 2 aromatic carbocycles. The number of hydrogen-bond donors (Lipinski definition) is 3. The summed E-state index contributed by atoms with van der Waals surface area (Å²) in [6, 6.07) is 12.0. The summed E-state index contributed by atoms with van der Waals surface area (Å²) in [5, 5.41) is 16.7. The maximum atomic E-state index is 11.7. The van der Waals surface area contributed by atoms with Crippen LogP contribution in [0.2, 0.25) is 5.02 Å². The quantitative estimate of drug-likeness (QED) is 0.586. The lowest BCUT2D eigenvalue weighted by Crippen LogP contribution is -2.26. The van der Waals surface area contributed by atoms with Crippen molar-refractivity contribution in [3.63, 3.8) is 0 Å². The van der Waals surface area contributed by atoms with E-state index in [0.29, 0.717) is 5.02 Å². The van der Waals surface area contributed by atoms with Crippen LogP contribution in [-0.2, 0) is 4.79 Å². The molecule has 0 saturated heterocycles. The molecule has 0 unspecified atom stereocenters. The number of nitrogens with one attached hydrogen (secondary N) is 2. The molecule has 0 fully saturated rings. The lowest BCUT2D eigenvalue weighted by molar-refractivity contribution is -0.119. The molecule has 3 N–H and O–H groups in total. The minimum absolute atomic E-state index is 0.0914. The van der Waals surface area contributed by atoms with Crippen LogP contribution in [0.25, 0.3) is 0 Å². The van der Waals surface area contributed by atoms with E-state index < -0.39 is 0 Å². The van der Waals surface area contributed by atoms with Crippen LogP contribution in [0.3, 0.4) is 0 Å². The van der Waals surface area contributed by atoms with Crippen LogP contribution in [0.1, 0.15) is 11.1 Å². The van der Waals surface area contributed by atoms with E-state index >= 15 is 0 Å². The van der Waals surface area contributed by atoms with Crippen LogP contribution >= 0.6 is 11.6 Å². The van der Waals surface area contributed by atoms with Gasteiger partial charge in [-0.1, -0.05) is 17.7 Å². The number of hydrogen-bond acceptors (Lipinski definition) is 4. The fraction of sp³-hybridized carbons (Fsp3) is 0.125. The smallest absolute Gasteiger partial charge is 0.259 e. The van der Waals surface area contributed by atoms with E-state index in [9.17, 15) is 4.79 Å². The third-order valence-corrected chi connectivity index (χ3v) is 3.41. The van der Waals surface area contributed by atoms with E-state index in [1.54, 1.807) is 30.3 Å². The van der Waals surface area contributed by atoms with Crippen molar-refractivity contribution in [3.8, 4) is 5.75 Å². The summed E-state index contributed by atoms with van der Waals surface area (Å²) in [6.45, 7) is 1.97. The first kappa shape index (κ1) is 15.9. The minimum Gasteiger partial charge on any atom is -0.508 e. The standard InChI is InChI=1S/C16H16ClN3O2/c1-11-14(17)3-2-4-15(11)18-10-16(22)20-19-9-12-5-7-13(21)8-6-12/h2-9,18,21H,10H2,1H3,(H,20,22). The zero-order chi connectivity index (χ0) is 15.9. The Hall–Kier alpha value is -2.53. The van der Waals surface area contributed by atoms with Gasteiger partial charge in [0.2, 0.25) is 0 Å². The minimum atomic E-state index is -0.269. The number of carbonyl (C=O) groups excluding carboxylic acids is 1. The first-order valence-electron chi connectivity index (χ1n) is 6.66. The van der Waals surface area contributed by atoms with Crippen molar-refractivity contribution in [2.75, 3.05) is 11.9 Å². The second kappa shape index (κ2) is 7.47. The summed E-state index contributed by atoms with van der Waals surface area (Å²) in [7, 11) is 0. The van der Waals surface area contributed by atoms with Crippen LogP contribution in [-0.4, -0.2) is 23.8 Å².